The van der Waals surface area contributed by atoms with Gasteiger partial charge in [0.2, 0.25) is 0 Å². The molecule has 9 heavy (non-hydrogen) atoms. The Bertz CT molecular complexity index is 166. The van der Waals surface area contributed by atoms with Crippen molar-refractivity contribution >= 4 is 5.78 Å². The van der Waals surface area contributed by atoms with Crippen LogP contribution in [-0.2, 0) is 4.79 Å². The SMILES string of the molecule is C/C(N)=C1\CCCC1=O. The Kier molecular flexibility index (Phi) is 1.56. The minimum atomic E-state index is 0.245. The maximum Gasteiger partial charge on any atom is 0.160 e. The molecule has 0 aromatic carbocycles. The first-order chi connectivity index (χ1) is 4.22. The molecule has 1 saturated carbocycles. The number of hydrogen-bond donors (Lipinski definition) is 1. The van der Waals surface area contributed by atoms with Gasteiger partial charge in [0.25, 0.3) is 0 Å². The van der Waals surface area contributed by atoms with Crippen LogP contribution < -0.4 is 5.73 Å². The summed E-state index contributed by atoms with van der Waals surface area (Å²) in [5, 5.41) is 0. The van der Waals surface area contributed by atoms with Crippen molar-refractivity contribution in [1.82, 2.24) is 0 Å². The molecule has 0 bridgehead atoms. The number of carbonyl (C=O) groups excluding carboxylic acids is 1. The van der Waals surface area contributed by atoms with Crippen LogP contribution in [0.4, 0.5) is 0 Å². The van der Waals surface area contributed by atoms with Crippen LogP contribution >= 0.6 is 0 Å². The highest BCUT2D eigenvalue weighted by Crippen LogP contribution is 2.21. The van der Waals surface area contributed by atoms with E-state index < -0.39 is 0 Å². The van der Waals surface area contributed by atoms with Gasteiger partial charge in [-0.2, -0.15) is 0 Å². The van der Waals surface area contributed by atoms with Crippen molar-refractivity contribution in [3.8, 4) is 0 Å². The van der Waals surface area contributed by atoms with Crippen LogP contribution in [0.2, 0.25) is 0 Å². The lowest BCUT2D eigenvalue weighted by Gasteiger charge is -1.94. The number of rotatable bonds is 0. The Balaban J connectivity index is 2.83. The van der Waals surface area contributed by atoms with Gasteiger partial charge in [-0.3, -0.25) is 4.79 Å². The van der Waals surface area contributed by atoms with Crippen molar-refractivity contribution in [2.75, 3.05) is 0 Å². The van der Waals surface area contributed by atoms with E-state index in [0.29, 0.717) is 12.1 Å². The van der Waals surface area contributed by atoms with Crippen molar-refractivity contribution in [2.24, 2.45) is 5.73 Å². The van der Waals surface area contributed by atoms with Crippen molar-refractivity contribution in [2.45, 2.75) is 26.2 Å². The van der Waals surface area contributed by atoms with Crippen LogP contribution in [-0.4, -0.2) is 5.78 Å². The second kappa shape index (κ2) is 2.21. The number of allylic oxidation sites excluding steroid dienone is 2. The molecule has 0 aliphatic heterocycles. The third kappa shape index (κ3) is 1.12. The summed E-state index contributed by atoms with van der Waals surface area (Å²) in [7, 11) is 0. The highest BCUT2D eigenvalue weighted by atomic mass is 16.1. The van der Waals surface area contributed by atoms with Gasteiger partial charge in [-0.15, -0.1) is 0 Å². The van der Waals surface area contributed by atoms with Gasteiger partial charge in [0.1, 0.15) is 0 Å². The molecule has 0 heterocycles. The summed E-state index contributed by atoms with van der Waals surface area (Å²) in [5.41, 5.74) is 7.01. The first-order valence-corrected chi connectivity index (χ1v) is 3.20. The van der Waals surface area contributed by atoms with Crippen LogP contribution in [0.3, 0.4) is 0 Å². The lowest BCUT2D eigenvalue weighted by molar-refractivity contribution is -0.114. The smallest absolute Gasteiger partial charge is 0.160 e. The predicted molar refractivity (Wildman–Crippen MR) is 35.7 cm³/mol. The van der Waals surface area contributed by atoms with Crippen LogP contribution in [0.25, 0.3) is 0 Å². The summed E-state index contributed by atoms with van der Waals surface area (Å²) in [6.07, 6.45) is 2.58. The van der Waals surface area contributed by atoms with Gasteiger partial charge in [0.05, 0.1) is 0 Å². The summed E-state index contributed by atoms with van der Waals surface area (Å²) in [6.45, 7) is 1.79. The van der Waals surface area contributed by atoms with Crippen LogP contribution in [0, 0.1) is 0 Å². The molecule has 0 unspecified atom stereocenters. The Morgan fingerprint density at radius 3 is 2.44 bits per heavy atom. The molecule has 1 aliphatic rings. The Hall–Kier alpha value is -0.790. The van der Waals surface area contributed by atoms with E-state index in [2.05, 4.69) is 0 Å². The Morgan fingerprint density at radius 2 is 2.22 bits per heavy atom. The fraction of sp³-hybridized carbons (Fsp3) is 0.571. The molecule has 0 atom stereocenters. The molecule has 1 aliphatic carbocycles. The second-order valence-corrected chi connectivity index (χ2v) is 2.44. The third-order valence-corrected chi connectivity index (χ3v) is 1.64. The predicted octanol–water partition coefficient (Wildman–Crippen LogP) is 0.972. The van der Waals surface area contributed by atoms with Gasteiger partial charge in [-0.05, 0) is 19.8 Å². The van der Waals surface area contributed by atoms with Crippen molar-refractivity contribution in [3.63, 3.8) is 0 Å². The molecule has 0 aromatic heterocycles. The lowest BCUT2D eigenvalue weighted by Crippen LogP contribution is -2.01. The van der Waals surface area contributed by atoms with E-state index in [1.54, 1.807) is 6.92 Å². The van der Waals surface area contributed by atoms with Crippen LogP contribution in [0.5, 0.6) is 0 Å². The first-order valence-electron chi connectivity index (χ1n) is 3.20. The average molecular weight is 125 g/mol. The molecule has 2 nitrogen and oxygen atoms in total. The zero-order valence-electron chi connectivity index (χ0n) is 5.61. The largest absolute Gasteiger partial charge is 0.402 e. The number of carbonyl (C=O) groups is 1. The second-order valence-electron chi connectivity index (χ2n) is 2.44. The van der Waals surface area contributed by atoms with Crippen LogP contribution in [0.1, 0.15) is 26.2 Å². The zero-order chi connectivity index (χ0) is 6.85. The van der Waals surface area contributed by atoms with E-state index in [9.17, 15) is 4.79 Å². The standard InChI is InChI=1S/C7H11NO/c1-5(8)6-3-2-4-7(6)9/h2-4,8H2,1H3/b6-5-. The molecular weight excluding hydrogens is 114 g/mol. The Morgan fingerprint density at radius 1 is 1.56 bits per heavy atom. The van der Waals surface area contributed by atoms with E-state index in [-0.39, 0.29) is 5.78 Å². The Labute approximate surface area is 54.7 Å². The van der Waals surface area contributed by atoms with E-state index in [4.69, 9.17) is 5.73 Å². The fourth-order valence-corrected chi connectivity index (χ4v) is 1.13. The van der Waals surface area contributed by atoms with Crippen molar-refractivity contribution < 1.29 is 4.79 Å². The van der Waals surface area contributed by atoms with Gasteiger partial charge in [0, 0.05) is 17.7 Å². The van der Waals surface area contributed by atoms with Gasteiger partial charge >= 0.3 is 0 Å². The molecule has 1 fully saturated rings. The summed E-state index contributed by atoms with van der Waals surface area (Å²) < 4.78 is 0. The highest BCUT2D eigenvalue weighted by Gasteiger charge is 2.17. The average Bonchev–Trinajstić information content (AvgIpc) is 2.13. The van der Waals surface area contributed by atoms with E-state index in [1.807, 2.05) is 0 Å². The van der Waals surface area contributed by atoms with E-state index >= 15 is 0 Å². The molecule has 50 valence electrons. The van der Waals surface area contributed by atoms with Crippen LogP contribution in [0.15, 0.2) is 11.3 Å². The summed E-state index contributed by atoms with van der Waals surface area (Å²) in [5.74, 6) is 0.245. The summed E-state index contributed by atoms with van der Waals surface area (Å²) >= 11 is 0. The maximum atomic E-state index is 10.9. The maximum absolute atomic E-state index is 10.9. The van der Waals surface area contributed by atoms with Gasteiger partial charge in [0.15, 0.2) is 5.78 Å². The lowest BCUT2D eigenvalue weighted by atomic mass is 10.2. The quantitative estimate of drug-likeness (QED) is 0.490. The third-order valence-electron chi connectivity index (χ3n) is 1.64. The monoisotopic (exact) mass is 125 g/mol. The minimum Gasteiger partial charge on any atom is -0.402 e. The van der Waals surface area contributed by atoms with E-state index in [1.165, 1.54) is 0 Å². The zero-order valence-corrected chi connectivity index (χ0v) is 5.61. The van der Waals surface area contributed by atoms with Gasteiger partial charge < -0.3 is 5.73 Å². The first kappa shape index (κ1) is 6.33. The number of nitrogens with two attached hydrogens (primary N) is 1. The molecule has 0 saturated heterocycles. The molecular formula is C7H11NO. The van der Waals surface area contributed by atoms with Crippen molar-refractivity contribution in [1.29, 1.82) is 0 Å². The fourth-order valence-electron chi connectivity index (χ4n) is 1.13. The number of Topliss-reactive ketones (excluding diaryl/α,β-unsaturated/α-hetero) is 1. The normalized spacial score (nSPS) is 24.8. The molecule has 2 N–H and O–H groups in total. The summed E-state index contributed by atoms with van der Waals surface area (Å²) in [6, 6.07) is 0. The molecule has 0 spiro atoms. The van der Waals surface area contributed by atoms with Crippen molar-refractivity contribution in [3.05, 3.63) is 11.3 Å². The molecule has 0 radical (unpaired) electrons. The van der Waals surface area contributed by atoms with Gasteiger partial charge in [-0.25, -0.2) is 0 Å². The molecule has 2 heteroatoms. The minimum absolute atomic E-state index is 0.245. The summed E-state index contributed by atoms with van der Waals surface area (Å²) in [4.78, 5) is 10.9. The van der Waals surface area contributed by atoms with E-state index in [0.717, 1.165) is 18.4 Å². The molecule has 1 rings (SSSR count). The topological polar surface area (TPSA) is 43.1 Å². The van der Waals surface area contributed by atoms with Gasteiger partial charge in [-0.1, -0.05) is 0 Å². The number of hydrogen-bond acceptors (Lipinski definition) is 2. The number of ketones is 1. The molecule has 0 aromatic rings. The highest BCUT2D eigenvalue weighted by molar-refractivity contribution is 5.97. The molecule has 0 amide bonds.